The van der Waals surface area contributed by atoms with E-state index < -0.39 is 64.4 Å². The lowest BCUT2D eigenvalue weighted by Crippen LogP contribution is -2.74. The number of ketones is 4. The van der Waals surface area contributed by atoms with E-state index in [0.717, 1.165) is 10.4 Å². The quantitative estimate of drug-likeness (QED) is 0.522. The summed E-state index contributed by atoms with van der Waals surface area (Å²) in [6.07, 6.45) is 0.275. The Morgan fingerprint density at radius 3 is 2.46 bits per heavy atom. The molecule has 4 N–H and O–H groups in total. The molecule has 3 aliphatic rings. The van der Waals surface area contributed by atoms with Crippen molar-refractivity contribution in [2.45, 2.75) is 24.5 Å². The van der Waals surface area contributed by atoms with Crippen LogP contribution < -0.4 is 5.73 Å². The third-order valence-electron chi connectivity index (χ3n) is 7.73. The van der Waals surface area contributed by atoms with Gasteiger partial charge in [0.1, 0.15) is 5.75 Å². The Labute approximate surface area is 204 Å². The van der Waals surface area contributed by atoms with Gasteiger partial charge in [-0.25, -0.2) is 0 Å². The maximum atomic E-state index is 13.8. The third-order valence-corrected chi connectivity index (χ3v) is 8.63. The summed E-state index contributed by atoms with van der Waals surface area (Å²) in [5.74, 6) is -10.4. The summed E-state index contributed by atoms with van der Waals surface area (Å²) < 4.78 is 0. The number of phenols is 1. The molecule has 1 amide bonds. The summed E-state index contributed by atoms with van der Waals surface area (Å²) in [5, 5.41) is 24.0. The van der Waals surface area contributed by atoms with E-state index in [1.807, 2.05) is 17.5 Å². The van der Waals surface area contributed by atoms with Crippen molar-refractivity contribution in [2.75, 3.05) is 14.1 Å². The summed E-state index contributed by atoms with van der Waals surface area (Å²) in [5.41, 5.74) is 3.98. The van der Waals surface area contributed by atoms with E-state index in [1.54, 1.807) is 20.2 Å². The Balaban J connectivity index is 1.67. The standard InChI is InChI=1S/C25H24N2O7S/c1-27(2)19-13-9-10-8-12-11(15-4-3-7-35-15)5-6-14(28)17(12)20(29)16(10)22(31)25(13,34)23(32)18(21(19)30)24(26)33/h3-7,10,13,16,18-19,28,34H,8-9H2,1-2H3,(H2,26,33). The maximum Gasteiger partial charge on any atom is 0.235 e. The molecule has 0 bridgehead atoms. The van der Waals surface area contributed by atoms with E-state index >= 15 is 0 Å². The van der Waals surface area contributed by atoms with Crippen LogP contribution in [0.15, 0.2) is 29.6 Å². The van der Waals surface area contributed by atoms with Gasteiger partial charge in [-0.15, -0.1) is 11.3 Å². The average molecular weight is 497 g/mol. The van der Waals surface area contributed by atoms with E-state index in [9.17, 15) is 34.2 Å². The molecule has 2 aromatic rings. The second-order valence-electron chi connectivity index (χ2n) is 9.75. The molecule has 1 aromatic heterocycles. The largest absolute Gasteiger partial charge is 0.507 e. The Morgan fingerprint density at radius 1 is 1.14 bits per heavy atom. The van der Waals surface area contributed by atoms with Gasteiger partial charge in [0.15, 0.2) is 34.7 Å². The molecule has 2 fully saturated rings. The molecular formula is C25H24N2O7S. The molecule has 6 atom stereocenters. The molecule has 0 spiro atoms. The van der Waals surface area contributed by atoms with Crippen molar-refractivity contribution in [2.24, 2.45) is 29.4 Å². The number of rotatable bonds is 3. The van der Waals surface area contributed by atoms with Crippen LogP contribution >= 0.6 is 11.3 Å². The number of phenolic OH excluding ortho intramolecular Hbond substituents is 1. The van der Waals surface area contributed by atoms with Crippen molar-refractivity contribution in [3.8, 4) is 16.2 Å². The highest BCUT2D eigenvalue weighted by Gasteiger charge is 2.69. The molecule has 3 aliphatic carbocycles. The van der Waals surface area contributed by atoms with Crippen LogP contribution in [0.5, 0.6) is 5.75 Å². The number of Topliss-reactive ketones (excluding diaryl/α,β-unsaturated/α-hetero) is 4. The number of carbonyl (C=O) groups excluding carboxylic acids is 5. The second kappa shape index (κ2) is 7.91. The minimum atomic E-state index is -2.71. The van der Waals surface area contributed by atoms with Crippen LogP contribution in [-0.2, 0) is 25.6 Å². The molecule has 1 heterocycles. The lowest BCUT2D eigenvalue weighted by molar-refractivity contribution is -0.181. The number of amides is 1. The molecule has 0 saturated heterocycles. The Hall–Kier alpha value is -3.21. The summed E-state index contributed by atoms with van der Waals surface area (Å²) in [7, 11) is 3.11. The summed E-state index contributed by atoms with van der Waals surface area (Å²) in [6.45, 7) is 0. The molecule has 1 aromatic carbocycles. The minimum absolute atomic E-state index is 0.00231. The number of nitrogens with two attached hydrogens (primary N) is 1. The molecule has 182 valence electrons. The van der Waals surface area contributed by atoms with Gasteiger partial charge in [0.25, 0.3) is 0 Å². The molecule has 10 heteroatoms. The van der Waals surface area contributed by atoms with Crippen molar-refractivity contribution < 1.29 is 34.2 Å². The van der Waals surface area contributed by atoms with E-state index in [-0.39, 0.29) is 24.2 Å². The van der Waals surface area contributed by atoms with Gasteiger partial charge in [-0.3, -0.25) is 28.9 Å². The smallest absolute Gasteiger partial charge is 0.235 e. The first-order valence-electron chi connectivity index (χ1n) is 11.2. The highest BCUT2D eigenvalue weighted by Crippen LogP contribution is 2.51. The van der Waals surface area contributed by atoms with Crippen molar-refractivity contribution in [1.29, 1.82) is 0 Å². The number of likely N-dealkylation sites (N-methyl/N-ethyl adjacent to an activating group) is 1. The van der Waals surface area contributed by atoms with Gasteiger partial charge in [-0.05, 0) is 67.6 Å². The molecule has 0 aliphatic heterocycles. The maximum absolute atomic E-state index is 13.8. The van der Waals surface area contributed by atoms with Crippen LogP contribution in [0.1, 0.15) is 22.3 Å². The average Bonchev–Trinajstić information content (AvgIpc) is 3.30. The highest BCUT2D eigenvalue weighted by molar-refractivity contribution is 7.13. The number of carbonyl (C=O) groups is 5. The van der Waals surface area contributed by atoms with E-state index in [0.29, 0.717) is 5.56 Å². The molecule has 2 saturated carbocycles. The SMILES string of the molecule is CN(C)C1C(=O)C(C(N)=O)C(=O)C2(O)C(=O)C3C(=O)c4c(O)ccc(-c5cccs5)c4CC3CC12. The van der Waals surface area contributed by atoms with Crippen LogP contribution in [0.4, 0.5) is 0 Å². The van der Waals surface area contributed by atoms with Gasteiger partial charge in [-0.1, -0.05) is 6.07 Å². The first-order chi connectivity index (χ1) is 16.5. The molecule has 6 unspecified atom stereocenters. The number of aliphatic hydroxyl groups is 1. The van der Waals surface area contributed by atoms with Gasteiger partial charge < -0.3 is 15.9 Å². The number of primary amides is 1. The van der Waals surface area contributed by atoms with E-state index in [1.165, 1.54) is 22.3 Å². The van der Waals surface area contributed by atoms with Crippen molar-refractivity contribution >= 4 is 40.4 Å². The van der Waals surface area contributed by atoms with Crippen molar-refractivity contribution in [3.63, 3.8) is 0 Å². The van der Waals surface area contributed by atoms with E-state index in [2.05, 4.69) is 0 Å². The molecule has 0 radical (unpaired) electrons. The molecular weight excluding hydrogens is 472 g/mol. The van der Waals surface area contributed by atoms with Crippen molar-refractivity contribution in [1.82, 2.24) is 4.90 Å². The number of thiophene rings is 1. The number of aromatic hydroxyl groups is 1. The summed E-state index contributed by atoms with van der Waals surface area (Å²) >= 11 is 1.47. The molecule has 5 rings (SSSR count). The Bertz CT molecular complexity index is 1300. The lowest BCUT2D eigenvalue weighted by atomic mass is 9.52. The van der Waals surface area contributed by atoms with Gasteiger partial charge in [0.2, 0.25) is 5.91 Å². The Kier molecular flexibility index (Phi) is 5.31. The van der Waals surface area contributed by atoms with Gasteiger partial charge in [-0.2, -0.15) is 0 Å². The summed E-state index contributed by atoms with van der Waals surface area (Å²) in [4.78, 5) is 68.1. The molecule has 35 heavy (non-hydrogen) atoms. The fraction of sp³-hybridized carbons (Fsp3) is 0.400. The second-order valence-corrected chi connectivity index (χ2v) is 10.7. The number of fused-ring (bicyclic) bond motifs is 3. The van der Waals surface area contributed by atoms with E-state index in [4.69, 9.17) is 5.73 Å². The van der Waals surface area contributed by atoms with Crippen LogP contribution in [-0.4, -0.2) is 69.9 Å². The van der Waals surface area contributed by atoms with Gasteiger partial charge >= 0.3 is 0 Å². The fourth-order valence-corrected chi connectivity index (χ4v) is 7.05. The monoisotopic (exact) mass is 496 g/mol. The predicted molar refractivity (Wildman–Crippen MR) is 125 cm³/mol. The highest BCUT2D eigenvalue weighted by atomic mass is 32.1. The predicted octanol–water partition coefficient (Wildman–Crippen LogP) is 0.596. The van der Waals surface area contributed by atoms with Crippen molar-refractivity contribution in [3.05, 3.63) is 40.8 Å². The zero-order chi connectivity index (χ0) is 25.4. The first kappa shape index (κ1) is 23.5. The number of benzene rings is 1. The van der Waals surface area contributed by atoms with Crippen LogP contribution in [0.3, 0.4) is 0 Å². The Morgan fingerprint density at radius 2 is 1.86 bits per heavy atom. The third kappa shape index (κ3) is 3.10. The zero-order valence-electron chi connectivity index (χ0n) is 19.1. The van der Waals surface area contributed by atoms with Crippen LogP contribution in [0, 0.1) is 23.7 Å². The minimum Gasteiger partial charge on any atom is -0.507 e. The topological polar surface area (TPSA) is 155 Å². The number of nitrogens with zero attached hydrogens (tertiary/aromatic N) is 1. The fourth-order valence-electron chi connectivity index (χ4n) is 6.27. The first-order valence-corrected chi connectivity index (χ1v) is 12.1. The van der Waals surface area contributed by atoms with Crippen LogP contribution in [0.2, 0.25) is 0 Å². The van der Waals surface area contributed by atoms with Gasteiger partial charge in [0.05, 0.1) is 17.5 Å². The number of hydrogen-bond acceptors (Lipinski definition) is 9. The lowest BCUT2D eigenvalue weighted by Gasteiger charge is -2.52. The van der Waals surface area contributed by atoms with Gasteiger partial charge in [0, 0.05) is 10.8 Å². The zero-order valence-corrected chi connectivity index (χ0v) is 19.9. The summed E-state index contributed by atoms with van der Waals surface area (Å²) in [6, 6.07) is 5.77. The normalized spacial score (nSPS) is 32.3. The molecule has 9 nitrogen and oxygen atoms in total. The van der Waals surface area contributed by atoms with Crippen LogP contribution in [0.25, 0.3) is 10.4 Å². The number of hydrogen-bond donors (Lipinski definition) is 3.